The normalized spacial score (nSPS) is 27.8. The molecule has 4 heteroatoms. The Morgan fingerprint density at radius 2 is 2.06 bits per heavy atom. The van der Waals surface area contributed by atoms with E-state index in [1.807, 2.05) is 6.92 Å². The molecule has 0 aliphatic heterocycles. The summed E-state index contributed by atoms with van der Waals surface area (Å²) in [6.45, 7) is 11.7. The molecule has 18 heavy (non-hydrogen) atoms. The van der Waals surface area contributed by atoms with Crippen LogP contribution in [0.3, 0.4) is 0 Å². The highest BCUT2D eigenvalue weighted by molar-refractivity contribution is 5.02. The second kappa shape index (κ2) is 7.43. The monoisotopic (exact) mass is 258 g/mol. The maximum Gasteiger partial charge on any atom is 0.0709 e. The molecule has 0 aromatic carbocycles. The van der Waals surface area contributed by atoms with Gasteiger partial charge in [-0.15, -0.1) is 0 Å². The maximum atomic E-state index is 5.73. The molecule has 1 aliphatic rings. The van der Waals surface area contributed by atoms with Crippen LogP contribution in [-0.4, -0.2) is 44.6 Å². The Balaban J connectivity index is 2.21. The van der Waals surface area contributed by atoms with Gasteiger partial charge in [0.05, 0.1) is 12.2 Å². The second-order valence-electron chi connectivity index (χ2n) is 5.61. The fourth-order valence-electron chi connectivity index (χ4n) is 2.64. The van der Waals surface area contributed by atoms with Crippen molar-refractivity contribution in [1.82, 2.24) is 5.32 Å². The van der Waals surface area contributed by atoms with Crippen LogP contribution in [-0.2, 0) is 9.47 Å². The topological polar surface area (TPSA) is 56.5 Å². The fraction of sp³-hybridized carbons (Fsp3) is 1.00. The van der Waals surface area contributed by atoms with E-state index in [1.165, 1.54) is 0 Å². The average molecular weight is 258 g/mol. The maximum absolute atomic E-state index is 5.73. The minimum Gasteiger partial charge on any atom is -0.378 e. The van der Waals surface area contributed by atoms with Crippen LogP contribution in [0.25, 0.3) is 0 Å². The van der Waals surface area contributed by atoms with Crippen LogP contribution < -0.4 is 11.1 Å². The summed E-state index contributed by atoms with van der Waals surface area (Å²) in [5, 5.41) is 3.61. The zero-order chi connectivity index (χ0) is 13.6. The van der Waals surface area contributed by atoms with Crippen LogP contribution in [0.1, 0.15) is 40.5 Å². The Morgan fingerprint density at radius 1 is 1.33 bits per heavy atom. The molecule has 0 bridgehead atoms. The zero-order valence-electron chi connectivity index (χ0n) is 12.4. The van der Waals surface area contributed by atoms with Gasteiger partial charge in [0.15, 0.2) is 0 Å². The van der Waals surface area contributed by atoms with Gasteiger partial charge in [0.25, 0.3) is 0 Å². The molecule has 0 spiro atoms. The minimum atomic E-state index is 0.188. The van der Waals surface area contributed by atoms with Crippen molar-refractivity contribution in [1.29, 1.82) is 0 Å². The van der Waals surface area contributed by atoms with Crippen LogP contribution in [0.15, 0.2) is 0 Å². The van der Waals surface area contributed by atoms with Crippen molar-refractivity contribution < 1.29 is 9.47 Å². The van der Waals surface area contributed by atoms with E-state index < -0.39 is 0 Å². The van der Waals surface area contributed by atoms with Gasteiger partial charge in [-0.3, -0.25) is 0 Å². The summed E-state index contributed by atoms with van der Waals surface area (Å²) < 4.78 is 11.3. The number of nitrogens with one attached hydrogen (secondary N) is 1. The molecule has 1 aliphatic carbocycles. The molecular weight excluding hydrogens is 228 g/mol. The second-order valence-corrected chi connectivity index (χ2v) is 5.61. The highest BCUT2D eigenvalue weighted by atomic mass is 16.5. The Kier molecular flexibility index (Phi) is 6.57. The molecule has 4 nitrogen and oxygen atoms in total. The molecule has 0 aromatic heterocycles. The molecule has 0 radical (unpaired) electrons. The van der Waals surface area contributed by atoms with Crippen LogP contribution in [0.5, 0.6) is 0 Å². The Bertz CT molecular complexity index is 234. The van der Waals surface area contributed by atoms with Crippen LogP contribution in [0, 0.1) is 5.41 Å². The summed E-state index contributed by atoms with van der Waals surface area (Å²) in [7, 11) is 0. The molecule has 3 N–H and O–H groups in total. The number of hydrogen-bond donors (Lipinski definition) is 2. The predicted molar refractivity (Wildman–Crippen MR) is 74.7 cm³/mol. The van der Waals surface area contributed by atoms with Crippen molar-refractivity contribution in [3.63, 3.8) is 0 Å². The highest BCUT2D eigenvalue weighted by Gasteiger charge is 2.48. The van der Waals surface area contributed by atoms with Gasteiger partial charge in [-0.2, -0.15) is 0 Å². The first-order valence-corrected chi connectivity index (χ1v) is 7.22. The van der Waals surface area contributed by atoms with E-state index in [0.717, 1.165) is 32.6 Å². The summed E-state index contributed by atoms with van der Waals surface area (Å²) in [5.41, 5.74) is 5.90. The Labute approximate surface area is 112 Å². The van der Waals surface area contributed by atoms with Crippen LogP contribution in [0.2, 0.25) is 0 Å². The molecular formula is C14H30N2O2. The summed E-state index contributed by atoms with van der Waals surface area (Å²) in [4.78, 5) is 0. The summed E-state index contributed by atoms with van der Waals surface area (Å²) in [6, 6.07) is 0.550. The molecule has 0 aromatic rings. The van der Waals surface area contributed by atoms with Crippen molar-refractivity contribution in [2.24, 2.45) is 11.1 Å². The minimum absolute atomic E-state index is 0.188. The van der Waals surface area contributed by atoms with Gasteiger partial charge in [0.2, 0.25) is 0 Å². The lowest BCUT2D eigenvalue weighted by Crippen LogP contribution is -2.61. The molecule has 0 heterocycles. The quantitative estimate of drug-likeness (QED) is 0.658. The van der Waals surface area contributed by atoms with Crippen LogP contribution in [0.4, 0.5) is 0 Å². The molecule has 1 fully saturated rings. The van der Waals surface area contributed by atoms with Crippen molar-refractivity contribution in [2.45, 2.75) is 58.8 Å². The summed E-state index contributed by atoms with van der Waals surface area (Å²) >= 11 is 0. The van der Waals surface area contributed by atoms with E-state index in [4.69, 9.17) is 15.2 Å². The number of ether oxygens (including phenoxy) is 2. The molecule has 0 saturated heterocycles. The van der Waals surface area contributed by atoms with E-state index >= 15 is 0 Å². The van der Waals surface area contributed by atoms with Gasteiger partial charge < -0.3 is 20.5 Å². The van der Waals surface area contributed by atoms with E-state index in [9.17, 15) is 0 Å². The van der Waals surface area contributed by atoms with Gasteiger partial charge in [-0.1, -0.05) is 13.8 Å². The van der Waals surface area contributed by atoms with Gasteiger partial charge >= 0.3 is 0 Å². The molecule has 1 saturated carbocycles. The molecule has 1 rings (SSSR count). The lowest BCUT2D eigenvalue weighted by Gasteiger charge is -2.52. The highest BCUT2D eigenvalue weighted by Crippen LogP contribution is 2.42. The largest absolute Gasteiger partial charge is 0.378 e. The molecule has 0 amide bonds. The first-order chi connectivity index (χ1) is 8.56. The molecule has 3 atom stereocenters. The standard InChI is InChI=1S/C14H30N2O2/c1-5-17-11(10-15)7-8-16-12-9-13(18-6-2)14(12,3)4/h11-13,16H,5-10,15H2,1-4H3. The molecule has 108 valence electrons. The predicted octanol–water partition coefficient (Wildman–Crippen LogP) is 1.53. The summed E-state index contributed by atoms with van der Waals surface area (Å²) in [6.07, 6.45) is 2.68. The van der Waals surface area contributed by atoms with Crippen molar-refractivity contribution in [3.8, 4) is 0 Å². The Hall–Kier alpha value is -0.160. The third kappa shape index (κ3) is 3.92. The van der Waals surface area contributed by atoms with Crippen molar-refractivity contribution in [2.75, 3.05) is 26.3 Å². The van der Waals surface area contributed by atoms with E-state index in [2.05, 4.69) is 26.1 Å². The smallest absolute Gasteiger partial charge is 0.0709 e. The van der Waals surface area contributed by atoms with E-state index in [1.54, 1.807) is 0 Å². The number of hydrogen-bond acceptors (Lipinski definition) is 4. The lowest BCUT2D eigenvalue weighted by atomic mass is 9.64. The van der Waals surface area contributed by atoms with Gasteiger partial charge in [-0.05, 0) is 33.2 Å². The van der Waals surface area contributed by atoms with Gasteiger partial charge in [0, 0.05) is 31.2 Å². The third-order valence-corrected chi connectivity index (χ3v) is 4.07. The Morgan fingerprint density at radius 3 is 2.56 bits per heavy atom. The summed E-state index contributed by atoms with van der Waals surface area (Å²) in [5.74, 6) is 0. The van der Waals surface area contributed by atoms with Gasteiger partial charge in [0.1, 0.15) is 0 Å². The van der Waals surface area contributed by atoms with Crippen LogP contribution >= 0.6 is 0 Å². The number of rotatable bonds is 9. The zero-order valence-corrected chi connectivity index (χ0v) is 12.4. The van der Waals surface area contributed by atoms with Crippen molar-refractivity contribution in [3.05, 3.63) is 0 Å². The third-order valence-electron chi connectivity index (χ3n) is 4.07. The van der Waals surface area contributed by atoms with E-state index in [0.29, 0.717) is 18.7 Å². The molecule has 3 unspecified atom stereocenters. The average Bonchev–Trinajstić information content (AvgIpc) is 2.35. The number of nitrogens with two attached hydrogens (primary N) is 1. The SMILES string of the molecule is CCOC(CN)CCNC1CC(OCC)C1(C)C. The lowest BCUT2D eigenvalue weighted by molar-refractivity contribution is -0.114. The van der Waals surface area contributed by atoms with E-state index in [-0.39, 0.29) is 11.5 Å². The van der Waals surface area contributed by atoms with Crippen molar-refractivity contribution >= 4 is 0 Å². The van der Waals surface area contributed by atoms with Gasteiger partial charge in [-0.25, -0.2) is 0 Å². The fourth-order valence-corrected chi connectivity index (χ4v) is 2.64. The first kappa shape index (κ1) is 15.9. The first-order valence-electron chi connectivity index (χ1n) is 7.22.